The van der Waals surface area contributed by atoms with Crippen LogP contribution in [0.15, 0.2) is 36.4 Å². The van der Waals surface area contributed by atoms with Crippen molar-refractivity contribution >= 4 is 48.9 Å². The summed E-state index contributed by atoms with van der Waals surface area (Å²) in [5.74, 6) is -5.40. The summed E-state index contributed by atoms with van der Waals surface area (Å²) in [6.45, 7) is -0.807. The number of carboxylic acids is 1. The summed E-state index contributed by atoms with van der Waals surface area (Å²) in [6.07, 6.45) is 1.03. The number of aliphatic carboxylic acids is 1. The molecule has 0 unspecified atom stereocenters. The first kappa shape index (κ1) is 33.3. The second kappa shape index (κ2) is 15.8. The summed E-state index contributed by atoms with van der Waals surface area (Å²) in [7, 11) is -4.18. The van der Waals surface area contributed by atoms with Gasteiger partial charge in [0.05, 0.1) is 6.54 Å². The summed E-state index contributed by atoms with van der Waals surface area (Å²) in [5.41, 5.74) is 4.17. The van der Waals surface area contributed by atoms with Crippen LogP contribution in [0.1, 0.15) is 40.0 Å². The van der Waals surface area contributed by atoms with Crippen LogP contribution in [0.4, 0.5) is 8.78 Å². The lowest BCUT2D eigenvalue weighted by molar-refractivity contribution is -0.138. The van der Waals surface area contributed by atoms with Crippen LogP contribution < -0.4 is 27.3 Å². The maximum Gasteiger partial charge on any atom is 0.491 e. The number of carbonyl (C=O) groups is 4. The molecule has 0 fully saturated rings. The first-order valence-corrected chi connectivity index (χ1v) is 12.5. The molecule has 3 amide bonds. The Bertz CT molecular complexity index is 1250. The van der Waals surface area contributed by atoms with E-state index in [1.807, 2.05) is 0 Å². The van der Waals surface area contributed by atoms with Gasteiger partial charge in [-0.3, -0.25) is 19.2 Å². The Balaban J connectivity index is 2.06. The SMILES string of the molecule is N[C@@H](CCCCNC(=O)CN(CCNC(=O)c1ccc(B(O)O)c(F)c1)C(=O)c1ccc(B(O)O)c(F)c1)C(=O)O. The van der Waals surface area contributed by atoms with E-state index in [0.29, 0.717) is 12.8 Å². The Kier molecular flexibility index (Phi) is 12.8. The van der Waals surface area contributed by atoms with Gasteiger partial charge in [-0.05, 0) is 43.5 Å². The van der Waals surface area contributed by atoms with Gasteiger partial charge < -0.3 is 46.5 Å². The van der Waals surface area contributed by atoms with Crippen molar-refractivity contribution in [1.29, 1.82) is 0 Å². The normalized spacial score (nSPS) is 11.4. The van der Waals surface area contributed by atoms with Gasteiger partial charge in [0.2, 0.25) is 5.91 Å². The standard InChI is InChI=1S/C24H30B2F2N4O9/c27-18-11-14(4-6-16(18)25(38)39)22(34)31-9-10-32(13-21(33)30-8-2-1-3-20(29)24(36)37)23(35)15-5-7-17(26(40)41)19(28)12-15/h4-7,11-12,20,38-41H,1-3,8-10,13,29H2,(H,30,33)(H,31,34)(H,36,37)/t20-/m0/s1. The Morgan fingerprint density at radius 1 is 0.854 bits per heavy atom. The van der Waals surface area contributed by atoms with Crippen LogP contribution >= 0.6 is 0 Å². The van der Waals surface area contributed by atoms with E-state index in [9.17, 15) is 38.0 Å². The second-order valence-electron chi connectivity index (χ2n) is 8.99. The minimum Gasteiger partial charge on any atom is -0.480 e. The highest BCUT2D eigenvalue weighted by Crippen LogP contribution is 2.08. The molecule has 2 rings (SSSR count). The van der Waals surface area contributed by atoms with Crippen molar-refractivity contribution in [2.45, 2.75) is 25.3 Å². The van der Waals surface area contributed by atoms with Crippen molar-refractivity contribution < 1.29 is 53.2 Å². The van der Waals surface area contributed by atoms with Gasteiger partial charge in [-0.2, -0.15) is 0 Å². The predicted molar refractivity (Wildman–Crippen MR) is 143 cm³/mol. The van der Waals surface area contributed by atoms with Gasteiger partial charge in [-0.1, -0.05) is 12.1 Å². The quantitative estimate of drug-likeness (QED) is 0.0785. The summed E-state index contributed by atoms with van der Waals surface area (Å²) in [6, 6.07) is 4.85. The molecule has 0 aliphatic heterocycles. The first-order chi connectivity index (χ1) is 19.3. The van der Waals surface area contributed by atoms with Gasteiger partial charge in [0.25, 0.3) is 11.8 Å². The van der Waals surface area contributed by atoms with Crippen molar-refractivity contribution in [3.63, 3.8) is 0 Å². The molecule has 41 heavy (non-hydrogen) atoms. The summed E-state index contributed by atoms with van der Waals surface area (Å²) >= 11 is 0. The molecule has 0 radical (unpaired) electrons. The minimum absolute atomic E-state index is 0.148. The molecule has 0 saturated carbocycles. The minimum atomic E-state index is -2.11. The van der Waals surface area contributed by atoms with E-state index in [-0.39, 0.29) is 37.2 Å². The molecule has 2 aromatic rings. The van der Waals surface area contributed by atoms with Crippen LogP contribution in [0.25, 0.3) is 0 Å². The fourth-order valence-electron chi connectivity index (χ4n) is 3.66. The molecule has 0 aromatic heterocycles. The number of carboxylic acid groups (broad SMARTS) is 1. The number of hydrogen-bond donors (Lipinski definition) is 8. The monoisotopic (exact) mass is 578 g/mol. The summed E-state index contributed by atoms with van der Waals surface area (Å²) in [5, 5.41) is 50.4. The zero-order valence-electron chi connectivity index (χ0n) is 21.8. The molecule has 0 spiro atoms. The fraction of sp³-hybridized carbons (Fsp3) is 0.333. The van der Waals surface area contributed by atoms with E-state index in [1.54, 1.807) is 0 Å². The molecule has 0 aliphatic rings. The maximum atomic E-state index is 14.3. The van der Waals surface area contributed by atoms with E-state index >= 15 is 0 Å². The third-order valence-corrected chi connectivity index (χ3v) is 5.94. The maximum absolute atomic E-state index is 14.3. The lowest BCUT2D eigenvalue weighted by Crippen LogP contribution is -2.44. The lowest BCUT2D eigenvalue weighted by atomic mass is 9.79. The topological polar surface area (TPSA) is 223 Å². The number of nitrogens with two attached hydrogens (primary N) is 1. The molecular formula is C24H30B2F2N4O9. The highest BCUT2D eigenvalue weighted by atomic mass is 19.1. The zero-order chi connectivity index (χ0) is 30.7. The highest BCUT2D eigenvalue weighted by Gasteiger charge is 2.23. The van der Waals surface area contributed by atoms with E-state index < -0.39 is 73.1 Å². The molecule has 9 N–H and O–H groups in total. The average molecular weight is 578 g/mol. The zero-order valence-corrected chi connectivity index (χ0v) is 21.8. The molecule has 0 saturated heterocycles. The summed E-state index contributed by atoms with van der Waals surface area (Å²) in [4.78, 5) is 49.8. The van der Waals surface area contributed by atoms with Gasteiger partial charge in [-0.15, -0.1) is 0 Å². The van der Waals surface area contributed by atoms with Crippen LogP contribution in [0.3, 0.4) is 0 Å². The number of unbranched alkanes of at least 4 members (excludes halogenated alkanes) is 1. The fourth-order valence-corrected chi connectivity index (χ4v) is 3.66. The molecule has 0 bridgehead atoms. The van der Waals surface area contributed by atoms with Gasteiger partial charge in [0, 0.05) is 41.7 Å². The van der Waals surface area contributed by atoms with Crippen molar-refractivity contribution in [2.75, 3.05) is 26.2 Å². The average Bonchev–Trinajstić information content (AvgIpc) is 2.90. The number of nitrogens with zero attached hydrogens (tertiary/aromatic N) is 1. The van der Waals surface area contributed by atoms with Crippen LogP contribution in [0, 0.1) is 11.6 Å². The predicted octanol–water partition coefficient (Wildman–Crippen LogP) is -3.10. The van der Waals surface area contributed by atoms with E-state index in [4.69, 9.17) is 20.9 Å². The third kappa shape index (κ3) is 10.2. The summed E-state index contributed by atoms with van der Waals surface area (Å²) < 4.78 is 28.2. The number of benzene rings is 2. The molecule has 0 heterocycles. The number of carbonyl (C=O) groups excluding carboxylic acids is 3. The van der Waals surface area contributed by atoms with Crippen molar-refractivity contribution in [3.05, 3.63) is 59.2 Å². The van der Waals surface area contributed by atoms with Crippen molar-refractivity contribution in [2.24, 2.45) is 5.73 Å². The van der Waals surface area contributed by atoms with Crippen LogP contribution in [0.2, 0.25) is 0 Å². The van der Waals surface area contributed by atoms with Crippen molar-refractivity contribution in [1.82, 2.24) is 15.5 Å². The molecule has 220 valence electrons. The molecule has 13 nitrogen and oxygen atoms in total. The largest absolute Gasteiger partial charge is 0.491 e. The number of hydrogen-bond acceptors (Lipinski definition) is 9. The Morgan fingerprint density at radius 3 is 1.95 bits per heavy atom. The van der Waals surface area contributed by atoms with E-state index in [1.165, 1.54) is 0 Å². The van der Waals surface area contributed by atoms with Gasteiger partial charge in [0.15, 0.2) is 0 Å². The van der Waals surface area contributed by atoms with Crippen LogP contribution in [-0.4, -0.2) is 100 Å². The molecule has 1 atom stereocenters. The third-order valence-electron chi connectivity index (χ3n) is 5.94. The molecular weight excluding hydrogens is 548 g/mol. The number of halogens is 2. The van der Waals surface area contributed by atoms with Crippen LogP contribution in [-0.2, 0) is 9.59 Å². The van der Waals surface area contributed by atoms with Crippen LogP contribution in [0.5, 0.6) is 0 Å². The number of nitrogens with one attached hydrogen (secondary N) is 2. The molecule has 17 heteroatoms. The number of rotatable bonds is 15. The molecule has 0 aliphatic carbocycles. The Morgan fingerprint density at radius 2 is 1.41 bits per heavy atom. The molecule has 2 aromatic carbocycles. The smallest absolute Gasteiger partial charge is 0.480 e. The van der Waals surface area contributed by atoms with Gasteiger partial charge in [-0.25, -0.2) is 8.78 Å². The van der Waals surface area contributed by atoms with E-state index in [0.717, 1.165) is 41.3 Å². The Hall–Kier alpha value is -3.89. The first-order valence-electron chi connectivity index (χ1n) is 12.5. The van der Waals surface area contributed by atoms with E-state index in [2.05, 4.69) is 10.6 Å². The second-order valence-corrected chi connectivity index (χ2v) is 8.99. The van der Waals surface area contributed by atoms with Crippen molar-refractivity contribution in [3.8, 4) is 0 Å². The highest BCUT2D eigenvalue weighted by molar-refractivity contribution is 6.59. The Labute approximate surface area is 234 Å². The number of amides is 3. The van der Waals surface area contributed by atoms with Gasteiger partial charge in [0.1, 0.15) is 17.7 Å². The van der Waals surface area contributed by atoms with Gasteiger partial charge >= 0.3 is 20.2 Å². The lowest BCUT2D eigenvalue weighted by Gasteiger charge is -2.23.